The van der Waals surface area contributed by atoms with E-state index >= 15 is 0 Å². The Morgan fingerprint density at radius 3 is 2.23 bits per heavy atom. The van der Waals surface area contributed by atoms with Gasteiger partial charge in [-0.15, -0.1) is 0 Å². The van der Waals surface area contributed by atoms with Crippen LogP contribution in [0.2, 0.25) is 0 Å². The highest BCUT2D eigenvalue weighted by molar-refractivity contribution is 5.85. The number of piperazine rings is 1. The highest BCUT2D eigenvalue weighted by Crippen LogP contribution is 2.31. The SMILES string of the molecule is N#CC(C(=O)OC1CCCCC1)c1nc2ccccc2nc1N1CCN(c2ccc(F)cc2)CC1. The first kappa shape index (κ1) is 23.0. The molecule has 180 valence electrons. The molecule has 1 saturated carbocycles. The number of benzene rings is 2. The fourth-order valence-electron chi connectivity index (χ4n) is 4.90. The van der Waals surface area contributed by atoms with E-state index in [0.29, 0.717) is 48.7 Å². The number of carbonyl (C=O) groups excluding carboxylic acids is 1. The molecule has 1 aliphatic carbocycles. The second kappa shape index (κ2) is 10.3. The lowest BCUT2D eigenvalue weighted by atomic mass is 9.97. The minimum atomic E-state index is -1.14. The highest BCUT2D eigenvalue weighted by Gasteiger charge is 2.33. The zero-order valence-electron chi connectivity index (χ0n) is 19.6. The number of aromatic nitrogens is 2. The number of anilines is 2. The summed E-state index contributed by atoms with van der Waals surface area (Å²) in [7, 11) is 0. The number of hydrogen-bond donors (Lipinski definition) is 0. The monoisotopic (exact) mass is 473 g/mol. The average molecular weight is 474 g/mol. The zero-order chi connectivity index (χ0) is 24.2. The zero-order valence-corrected chi connectivity index (χ0v) is 19.6. The summed E-state index contributed by atoms with van der Waals surface area (Å²) in [5, 5.41) is 10.0. The molecule has 2 aliphatic rings. The summed E-state index contributed by atoms with van der Waals surface area (Å²) in [5.74, 6) is -1.39. The lowest BCUT2D eigenvalue weighted by Gasteiger charge is -2.37. The van der Waals surface area contributed by atoms with Crippen LogP contribution >= 0.6 is 0 Å². The summed E-state index contributed by atoms with van der Waals surface area (Å²) in [6.07, 6.45) is 4.77. The van der Waals surface area contributed by atoms with Crippen molar-refractivity contribution in [1.82, 2.24) is 9.97 Å². The van der Waals surface area contributed by atoms with Crippen LogP contribution in [0.25, 0.3) is 11.0 Å². The second-order valence-electron chi connectivity index (χ2n) is 9.13. The molecule has 0 amide bonds. The molecule has 0 spiro atoms. The van der Waals surface area contributed by atoms with Crippen LogP contribution in [0.15, 0.2) is 48.5 Å². The lowest BCUT2D eigenvalue weighted by Crippen LogP contribution is -2.47. The molecule has 0 bridgehead atoms. The Bertz CT molecular complexity index is 1230. The van der Waals surface area contributed by atoms with Crippen LogP contribution in [0.1, 0.15) is 43.7 Å². The molecule has 7 nitrogen and oxygen atoms in total. The van der Waals surface area contributed by atoms with Crippen molar-refractivity contribution < 1.29 is 13.9 Å². The van der Waals surface area contributed by atoms with Gasteiger partial charge in [0, 0.05) is 31.9 Å². The smallest absolute Gasteiger partial charge is 0.329 e. The predicted molar refractivity (Wildman–Crippen MR) is 132 cm³/mol. The number of ether oxygens (including phenoxy) is 1. The van der Waals surface area contributed by atoms with Gasteiger partial charge >= 0.3 is 5.97 Å². The third-order valence-electron chi connectivity index (χ3n) is 6.82. The molecule has 3 aromatic rings. The van der Waals surface area contributed by atoms with Crippen LogP contribution in [-0.2, 0) is 9.53 Å². The van der Waals surface area contributed by atoms with Crippen molar-refractivity contribution in [2.45, 2.75) is 44.1 Å². The van der Waals surface area contributed by atoms with Crippen molar-refractivity contribution in [2.24, 2.45) is 0 Å². The number of carbonyl (C=O) groups is 1. The van der Waals surface area contributed by atoms with Gasteiger partial charge in [0.2, 0.25) is 0 Å². The van der Waals surface area contributed by atoms with Crippen molar-refractivity contribution in [3.63, 3.8) is 0 Å². The maximum atomic E-state index is 13.3. The molecule has 8 heteroatoms. The third-order valence-corrected chi connectivity index (χ3v) is 6.82. The van der Waals surface area contributed by atoms with E-state index in [1.807, 2.05) is 24.3 Å². The number of rotatable bonds is 5. The molecule has 0 N–H and O–H groups in total. The van der Waals surface area contributed by atoms with Crippen LogP contribution in [0.4, 0.5) is 15.9 Å². The van der Waals surface area contributed by atoms with E-state index in [2.05, 4.69) is 15.9 Å². The van der Waals surface area contributed by atoms with Crippen LogP contribution in [0.3, 0.4) is 0 Å². The molecule has 1 aromatic heterocycles. The fourth-order valence-corrected chi connectivity index (χ4v) is 4.90. The summed E-state index contributed by atoms with van der Waals surface area (Å²) in [5.41, 5.74) is 2.66. The minimum Gasteiger partial charge on any atom is -0.461 e. The number of nitrogens with zero attached hydrogens (tertiary/aromatic N) is 5. The summed E-state index contributed by atoms with van der Waals surface area (Å²) in [6, 6.07) is 16.1. The fraction of sp³-hybridized carbons (Fsp3) is 0.407. The molecule has 1 atom stereocenters. The maximum absolute atomic E-state index is 13.3. The third kappa shape index (κ3) is 5.04. The van der Waals surface area contributed by atoms with Gasteiger partial charge in [0.1, 0.15) is 17.6 Å². The van der Waals surface area contributed by atoms with E-state index in [0.717, 1.165) is 37.8 Å². The molecule has 2 aromatic carbocycles. The second-order valence-corrected chi connectivity index (χ2v) is 9.13. The van der Waals surface area contributed by atoms with E-state index in [4.69, 9.17) is 14.7 Å². The standard InChI is InChI=1S/C27H28FN5O2/c28-19-10-12-20(13-11-19)32-14-16-33(17-15-32)26-25(30-23-8-4-5-9-24(23)31-26)22(18-29)27(34)35-21-6-2-1-3-7-21/h4-5,8-13,21-22H,1-3,6-7,14-17H2. The Balaban J connectivity index is 1.41. The Kier molecular flexibility index (Phi) is 6.75. The van der Waals surface area contributed by atoms with E-state index in [-0.39, 0.29) is 11.9 Å². The van der Waals surface area contributed by atoms with Gasteiger partial charge in [-0.1, -0.05) is 18.6 Å². The summed E-state index contributed by atoms with van der Waals surface area (Å²) >= 11 is 0. The van der Waals surface area contributed by atoms with Crippen LogP contribution in [0, 0.1) is 17.1 Å². The molecule has 0 radical (unpaired) electrons. The topological polar surface area (TPSA) is 82.3 Å². The van der Waals surface area contributed by atoms with Gasteiger partial charge < -0.3 is 14.5 Å². The average Bonchev–Trinajstić information content (AvgIpc) is 2.90. The minimum absolute atomic E-state index is 0.136. The van der Waals surface area contributed by atoms with Gasteiger partial charge in [0.05, 0.1) is 17.1 Å². The molecule has 2 heterocycles. The highest BCUT2D eigenvalue weighted by atomic mass is 19.1. The molecule has 1 saturated heterocycles. The van der Waals surface area contributed by atoms with Crippen molar-refractivity contribution in [3.8, 4) is 6.07 Å². The molecule has 2 fully saturated rings. The van der Waals surface area contributed by atoms with E-state index in [1.165, 1.54) is 12.1 Å². The van der Waals surface area contributed by atoms with Gasteiger partial charge in [0.15, 0.2) is 11.7 Å². The molecule has 1 aliphatic heterocycles. The first-order valence-corrected chi connectivity index (χ1v) is 12.2. The van der Waals surface area contributed by atoms with Crippen molar-refractivity contribution in [1.29, 1.82) is 5.26 Å². The number of esters is 1. The van der Waals surface area contributed by atoms with Gasteiger partial charge in [-0.05, 0) is 62.1 Å². The predicted octanol–water partition coefficient (Wildman–Crippen LogP) is 4.58. The van der Waals surface area contributed by atoms with E-state index in [9.17, 15) is 14.4 Å². The van der Waals surface area contributed by atoms with E-state index in [1.54, 1.807) is 12.1 Å². The Morgan fingerprint density at radius 1 is 0.943 bits per heavy atom. The summed E-state index contributed by atoms with van der Waals surface area (Å²) in [4.78, 5) is 27.0. The number of nitriles is 1. The molecule has 5 rings (SSSR count). The quantitative estimate of drug-likeness (QED) is 0.502. The van der Waals surface area contributed by atoms with Crippen LogP contribution < -0.4 is 9.80 Å². The normalized spacial score (nSPS) is 17.7. The Morgan fingerprint density at radius 2 is 1.57 bits per heavy atom. The van der Waals surface area contributed by atoms with Gasteiger partial charge in [-0.3, -0.25) is 4.79 Å². The molecule has 35 heavy (non-hydrogen) atoms. The largest absolute Gasteiger partial charge is 0.461 e. The molecule has 1 unspecified atom stereocenters. The van der Waals surface area contributed by atoms with Gasteiger partial charge in [-0.2, -0.15) is 5.26 Å². The number of para-hydroxylation sites is 2. The Hall–Kier alpha value is -3.73. The number of hydrogen-bond acceptors (Lipinski definition) is 7. The van der Waals surface area contributed by atoms with Crippen LogP contribution in [-0.4, -0.2) is 48.2 Å². The number of fused-ring (bicyclic) bond motifs is 1. The maximum Gasteiger partial charge on any atom is 0.329 e. The first-order chi connectivity index (χ1) is 17.1. The molecular weight excluding hydrogens is 445 g/mol. The summed E-state index contributed by atoms with van der Waals surface area (Å²) in [6.45, 7) is 2.66. The van der Waals surface area contributed by atoms with Gasteiger partial charge in [0.25, 0.3) is 0 Å². The Labute approximate surface area is 204 Å². The number of halogens is 1. The summed E-state index contributed by atoms with van der Waals surface area (Å²) < 4.78 is 19.1. The van der Waals surface area contributed by atoms with Gasteiger partial charge in [-0.25, -0.2) is 14.4 Å². The van der Waals surface area contributed by atoms with Crippen LogP contribution in [0.5, 0.6) is 0 Å². The van der Waals surface area contributed by atoms with Crippen molar-refractivity contribution in [2.75, 3.05) is 36.0 Å². The van der Waals surface area contributed by atoms with E-state index < -0.39 is 11.9 Å². The first-order valence-electron chi connectivity index (χ1n) is 12.2. The lowest BCUT2D eigenvalue weighted by molar-refractivity contribution is -0.150. The molecular formula is C27H28FN5O2. The van der Waals surface area contributed by atoms with Crippen molar-refractivity contribution >= 4 is 28.5 Å². The van der Waals surface area contributed by atoms with Crippen molar-refractivity contribution in [3.05, 3.63) is 60.0 Å².